The molecule has 0 amide bonds. The van der Waals surface area contributed by atoms with E-state index in [1.165, 1.54) is 17.7 Å². The maximum Gasteiger partial charge on any atom is 0.0931 e. The van der Waals surface area contributed by atoms with Gasteiger partial charge in [0.1, 0.15) is 0 Å². The minimum Gasteiger partial charge on any atom is -0.383 e. The largest absolute Gasteiger partial charge is 0.383 e. The van der Waals surface area contributed by atoms with Gasteiger partial charge in [-0.1, -0.05) is 11.6 Å². The second kappa shape index (κ2) is 7.23. The van der Waals surface area contributed by atoms with Crippen LogP contribution in [-0.2, 0) is 4.74 Å². The molecule has 1 aliphatic rings. The van der Waals surface area contributed by atoms with E-state index in [-0.39, 0.29) is 12.1 Å². The monoisotopic (exact) mass is 316 g/mol. The summed E-state index contributed by atoms with van der Waals surface area (Å²) in [6, 6.07) is 4.91. The first kappa shape index (κ1) is 16.2. The van der Waals surface area contributed by atoms with Crippen molar-refractivity contribution in [2.75, 3.05) is 20.3 Å². The molecular weight excluding hydrogens is 292 g/mol. The molecule has 0 spiro atoms. The molecular formula is C15H25ClN2OS. The molecule has 5 heteroatoms. The Morgan fingerprint density at radius 3 is 2.60 bits per heavy atom. The molecule has 0 aromatic carbocycles. The molecule has 0 bridgehead atoms. The number of hydrogen-bond donors (Lipinski definition) is 1. The molecule has 2 rings (SSSR count). The van der Waals surface area contributed by atoms with Crippen molar-refractivity contribution in [3.8, 4) is 0 Å². The summed E-state index contributed by atoms with van der Waals surface area (Å²) in [5.41, 5.74) is 6.29. The van der Waals surface area contributed by atoms with Gasteiger partial charge in [0.05, 0.1) is 17.0 Å². The molecule has 1 aromatic heterocycles. The zero-order valence-electron chi connectivity index (χ0n) is 12.5. The second-order valence-electron chi connectivity index (χ2n) is 5.75. The fourth-order valence-corrected chi connectivity index (χ4v) is 4.15. The van der Waals surface area contributed by atoms with Gasteiger partial charge >= 0.3 is 0 Å². The van der Waals surface area contributed by atoms with Crippen molar-refractivity contribution in [3.05, 3.63) is 21.3 Å². The zero-order valence-corrected chi connectivity index (χ0v) is 14.1. The van der Waals surface area contributed by atoms with Crippen molar-refractivity contribution in [1.29, 1.82) is 0 Å². The highest BCUT2D eigenvalue weighted by atomic mass is 35.5. The number of ether oxygens (including phenoxy) is 1. The summed E-state index contributed by atoms with van der Waals surface area (Å²) in [7, 11) is 1.75. The highest BCUT2D eigenvalue weighted by Gasteiger charge is 2.37. The third-order valence-electron chi connectivity index (χ3n) is 4.12. The Balaban J connectivity index is 2.20. The summed E-state index contributed by atoms with van der Waals surface area (Å²) in [6.07, 6.45) is 2.67. The number of methoxy groups -OCH3 is 1. The Kier molecular flexibility index (Phi) is 5.87. The van der Waals surface area contributed by atoms with Crippen molar-refractivity contribution >= 4 is 22.9 Å². The molecule has 1 heterocycles. The number of halogens is 1. The van der Waals surface area contributed by atoms with Crippen LogP contribution in [0.15, 0.2) is 12.1 Å². The smallest absolute Gasteiger partial charge is 0.0931 e. The Hall–Kier alpha value is -0.130. The van der Waals surface area contributed by atoms with Crippen LogP contribution in [0.4, 0.5) is 0 Å². The summed E-state index contributed by atoms with van der Waals surface area (Å²) < 4.78 is 6.12. The first-order valence-electron chi connectivity index (χ1n) is 7.30. The molecule has 0 saturated heterocycles. The van der Waals surface area contributed by atoms with Crippen LogP contribution >= 0.6 is 22.9 Å². The summed E-state index contributed by atoms with van der Waals surface area (Å²) in [6.45, 7) is 6.05. The van der Waals surface area contributed by atoms with E-state index in [4.69, 9.17) is 22.1 Å². The van der Waals surface area contributed by atoms with Crippen molar-refractivity contribution in [2.24, 2.45) is 11.7 Å². The summed E-state index contributed by atoms with van der Waals surface area (Å²) in [4.78, 5) is 3.77. The quantitative estimate of drug-likeness (QED) is 0.797. The van der Waals surface area contributed by atoms with Crippen molar-refractivity contribution in [1.82, 2.24) is 4.90 Å². The van der Waals surface area contributed by atoms with Gasteiger partial charge in [0, 0.05) is 30.6 Å². The van der Waals surface area contributed by atoms with Gasteiger partial charge in [0.2, 0.25) is 0 Å². The number of nitrogens with zero attached hydrogens (tertiary/aromatic N) is 1. The van der Waals surface area contributed by atoms with E-state index in [9.17, 15) is 0 Å². The molecule has 114 valence electrons. The number of hydrogen-bond acceptors (Lipinski definition) is 4. The van der Waals surface area contributed by atoms with Crippen LogP contribution in [0.2, 0.25) is 4.34 Å². The molecule has 20 heavy (non-hydrogen) atoms. The first-order valence-corrected chi connectivity index (χ1v) is 8.49. The second-order valence-corrected chi connectivity index (χ2v) is 7.50. The summed E-state index contributed by atoms with van der Waals surface area (Å²) >= 11 is 7.75. The summed E-state index contributed by atoms with van der Waals surface area (Å²) in [5.74, 6) is 0.809. The first-order chi connectivity index (χ1) is 9.54. The zero-order chi connectivity index (χ0) is 14.7. The third-order valence-corrected chi connectivity index (χ3v) is 5.42. The highest BCUT2D eigenvalue weighted by molar-refractivity contribution is 7.16. The molecule has 1 fully saturated rings. The van der Waals surface area contributed by atoms with E-state index in [1.807, 2.05) is 6.07 Å². The molecule has 3 unspecified atom stereocenters. The predicted octanol–water partition coefficient (Wildman–Crippen LogP) is 3.54. The van der Waals surface area contributed by atoms with Crippen LogP contribution in [0.5, 0.6) is 0 Å². The van der Waals surface area contributed by atoms with Crippen LogP contribution in [0.3, 0.4) is 0 Å². The van der Waals surface area contributed by atoms with Crippen molar-refractivity contribution in [2.45, 2.75) is 44.8 Å². The number of thiophene rings is 1. The van der Waals surface area contributed by atoms with E-state index in [1.54, 1.807) is 18.4 Å². The van der Waals surface area contributed by atoms with E-state index in [0.717, 1.165) is 23.4 Å². The molecule has 2 N–H and O–H groups in total. The maximum atomic E-state index is 6.29. The Bertz CT molecular complexity index is 420. The molecule has 1 saturated carbocycles. The molecule has 1 aromatic rings. The van der Waals surface area contributed by atoms with E-state index >= 15 is 0 Å². The van der Waals surface area contributed by atoms with Gasteiger partial charge in [-0.15, -0.1) is 11.3 Å². The Morgan fingerprint density at radius 1 is 1.45 bits per heavy atom. The number of rotatable bonds is 8. The van der Waals surface area contributed by atoms with Gasteiger partial charge in [-0.2, -0.15) is 0 Å². The minimum atomic E-state index is 0.0720. The molecule has 0 aliphatic heterocycles. The predicted molar refractivity (Wildman–Crippen MR) is 86.5 cm³/mol. The van der Waals surface area contributed by atoms with Gasteiger partial charge in [-0.05, 0) is 44.7 Å². The standard InChI is InChI=1S/C15H25ClN2OS/c1-10(17)15(13-6-7-14(16)20-13)18(8-9-19-3)11(2)12-4-5-12/h6-7,10-12,15H,4-5,8-9,17H2,1-3H3. The fraction of sp³-hybridized carbons (Fsp3) is 0.733. The van der Waals surface area contributed by atoms with E-state index in [2.05, 4.69) is 24.8 Å². The van der Waals surface area contributed by atoms with Crippen molar-refractivity contribution in [3.63, 3.8) is 0 Å². The van der Waals surface area contributed by atoms with E-state index in [0.29, 0.717) is 6.04 Å². The van der Waals surface area contributed by atoms with Crippen LogP contribution < -0.4 is 5.73 Å². The molecule has 3 atom stereocenters. The normalized spacial score (nSPS) is 20.1. The minimum absolute atomic E-state index is 0.0720. The van der Waals surface area contributed by atoms with Crippen LogP contribution in [0, 0.1) is 5.92 Å². The molecule has 1 aliphatic carbocycles. The molecule has 0 radical (unpaired) electrons. The average molecular weight is 317 g/mol. The van der Waals surface area contributed by atoms with Gasteiger partial charge in [0.25, 0.3) is 0 Å². The average Bonchev–Trinajstić information content (AvgIpc) is 3.16. The SMILES string of the molecule is COCCN(C(C)C1CC1)C(c1ccc(Cl)s1)C(C)N. The Morgan fingerprint density at radius 2 is 2.15 bits per heavy atom. The van der Waals surface area contributed by atoms with Crippen LogP contribution in [0.1, 0.15) is 37.6 Å². The molecule has 3 nitrogen and oxygen atoms in total. The number of nitrogens with two attached hydrogens (primary N) is 1. The third kappa shape index (κ3) is 3.95. The van der Waals surface area contributed by atoms with Gasteiger partial charge in [0.15, 0.2) is 0 Å². The van der Waals surface area contributed by atoms with Crippen molar-refractivity contribution < 1.29 is 4.74 Å². The lowest BCUT2D eigenvalue weighted by atomic mass is 10.0. The van der Waals surface area contributed by atoms with E-state index < -0.39 is 0 Å². The lowest BCUT2D eigenvalue weighted by molar-refractivity contribution is 0.0733. The summed E-state index contributed by atoms with van der Waals surface area (Å²) in [5, 5.41) is 0. The van der Waals surface area contributed by atoms with Crippen LogP contribution in [0.25, 0.3) is 0 Å². The van der Waals surface area contributed by atoms with Crippen LogP contribution in [-0.4, -0.2) is 37.2 Å². The lowest BCUT2D eigenvalue weighted by Gasteiger charge is -2.38. The Labute approximate surface area is 131 Å². The lowest BCUT2D eigenvalue weighted by Crippen LogP contribution is -2.46. The fourth-order valence-electron chi connectivity index (χ4n) is 2.85. The topological polar surface area (TPSA) is 38.5 Å². The highest BCUT2D eigenvalue weighted by Crippen LogP contribution is 2.40. The van der Waals surface area contributed by atoms with Gasteiger partial charge in [-0.3, -0.25) is 4.90 Å². The maximum absolute atomic E-state index is 6.29. The van der Waals surface area contributed by atoms with Gasteiger partial charge < -0.3 is 10.5 Å². The van der Waals surface area contributed by atoms with Gasteiger partial charge in [-0.25, -0.2) is 0 Å².